The van der Waals surface area contributed by atoms with Gasteiger partial charge in [-0.15, -0.1) is 0 Å². The molecule has 4 aromatic rings. The molecule has 0 saturated carbocycles. The molecule has 1 aromatic heterocycles. The van der Waals surface area contributed by atoms with Crippen molar-refractivity contribution in [3.63, 3.8) is 0 Å². The third-order valence-electron chi connectivity index (χ3n) is 8.86. The van der Waals surface area contributed by atoms with Crippen LogP contribution in [0.15, 0.2) is 90.1 Å². The Balaban J connectivity index is 1.48. The molecular formula is C36H37ClN4O7S. The van der Waals surface area contributed by atoms with Crippen molar-refractivity contribution < 1.29 is 32.2 Å². The van der Waals surface area contributed by atoms with Crippen LogP contribution in [0.5, 0.6) is 17.2 Å². The van der Waals surface area contributed by atoms with Crippen LogP contribution in [0.2, 0.25) is 5.02 Å². The minimum atomic E-state index is -4.61. The number of carbonyl (C=O) groups is 2. The lowest BCUT2D eigenvalue weighted by atomic mass is 9.72. The molecule has 2 aliphatic heterocycles. The van der Waals surface area contributed by atoms with Crippen molar-refractivity contribution in [1.29, 1.82) is 0 Å². The Labute approximate surface area is 291 Å². The molecule has 3 aromatic carbocycles. The Bertz CT molecular complexity index is 1980. The third-order valence-corrected chi connectivity index (χ3v) is 10.8. The van der Waals surface area contributed by atoms with Crippen LogP contribution in [-0.2, 0) is 25.0 Å². The van der Waals surface area contributed by atoms with Crippen LogP contribution in [0.4, 0.5) is 11.4 Å². The maximum absolute atomic E-state index is 15.2. The third kappa shape index (κ3) is 6.15. The van der Waals surface area contributed by atoms with E-state index < -0.39 is 21.3 Å². The predicted molar refractivity (Wildman–Crippen MR) is 186 cm³/mol. The number of pyridine rings is 1. The van der Waals surface area contributed by atoms with E-state index in [1.165, 1.54) is 44.6 Å². The first-order valence-corrected chi connectivity index (χ1v) is 17.6. The average Bonchev–Trinajstić information content (AvgIpc) is 3.35. The molecule has 256 valence electrons. The van der Waals surface area contributed by atoms with E-state index in [9.17, 15) is 13.2 Å². The number of benzene rings is 3. The fourth-order valence-corrected chi connectivity index (χ4v) is 8.36. The van der Waals surface area contributed by atoms with Gasteiger partial charge in [0.1, 0.15) is 27.6 Å². The maximum atomic E-state index is 15.2. The fraction of sp³-hybridized carbons (Fsp3) is 0.306. The minimum Gasteiger partial charge on any atom is -0.497 e. The van der Waals surface area contributed by atoms with Crippen molar-refractivity contribution in [2.75, 3.05) is 49.6 Å². The minimum absolute atomic E-state index is 0.00755. The zero-order valence-electron chi connectivity index (χ0n) is 27.6. The molecule has 0 N–H and O–H groups in total. The van der Waals surface area contributed by atoms with Gasteiger partial charge in [-0.1, -0.05) is 29.8 Å². The second kappa shape index (κ2) is 13.6. The number of hydrogen-bond acceptors (Lipinski definition) is 9. The molecule has 0 radical (unpaired) electrons. The molecule has 1 saturated heterocycles. The molecule has 0 bridgehead atoms. The summed E-state index contributed by atoms with van der Waals surface area (Å²) in [6, 6.07) is 19.6. The summed E-state index contributed by atoms with van der Waals surface area (Å²) in [5, 5.41) is 0.276. The number of amides is 2. The summed E-state index contributed by atoms with van der Waals surface area (Å²) < 4.78 is 47.0. The van der Waals surface area contributed by atoms with Gasteiger partial charge < -0.3 is 24.0 Å². The van der Waals surface area contributed by atoms with E-state index in [-0.39, 0.29) is 45.4 Å². The number of para-hydroxylation sites is 1. The number of nitrogens with zero attached hydrogens (tertiary/aromatic N) is 4. The van der Waals surface area contributed by atoms with Crippen LogP contribution in [-0.4, -0.2) is 76.6 Å². The monoisotopic (exact) mass is 704 g/mol. The van der Waals surface area contributed by atoms with Gasteiger partial charge in [-0.3, -0.25) is 14.6 Å². The number of anilines is 2. The fourth-order valence-electron chi connectivity index (χ4n) is 6.56. The topological polar surface area (TPSA) is 119 Å². The Morgan fingerprint density at radius 2 is 1.61 bits per heavy atom. The van der Waals surface area contributed by atoms with Crippen LogP contribution in [0.3, 0.4) is 0 Å². The number of rotatable bonds is 10. The molecule has 3 heterocycles. The quantitative estimate of drug-likeness (QED) is 0.217. The van der Waals surface area contributed by atoms with E-state index in [4.69, 9.17) is 25.8 Å². The standard InChI is InChI=1S/C36H37ClN4O7S/c1-24(2)48-31-8-6-5-7-28(31)36(23-34(42)40-19-17-39(18-20-40)26-13-15-38-16-14-26)29-21-25(37)9-11-30(29)41(35(36)43)49(44,45)33-12-10-27(46-3)22-32(33)47-4/h5-16,21-22,24H,17-20,23H2,1-4H3. The number of carbonyl (C=O) groups excluding carboxylic acids is 2. The average molecular weight is 705 g/mol. The summed E-state index contributed by atoms with van der Waals surface area (Å²) in [7, 11) is -1.82. The molecule has 6 rings (SSSR count). The van der Waals surface area contributed by atoms with E-state index in [1.54, 1.807) is 47.6 Å². The summed E-state index contributed by atoms with van der Waals surface area (Å²) in [5.74, 6) is -0.417. The summed E-state index contributed by atoms with van der Waals surface area (Å²) in [4.78, 5) is 37.4. The second-order valence-corrected chi connectivity index (χ2v) is 14.3. The summed E-state index contributed by atoms with van der Waals surface area (Å²) >= 11 is 6.58. The molecule has 0 aliphatic carbocycles. The number of methoxy groups -OCH3 is 2. The first-order valence-electron chi connectivity index (χ1n) is 15.8. The number of aromatic nitrogens is 1. The summed E-state index contributed by atoms with van der Waals surface area (Å²) in [6.45, 7) is 5.66. The van der Waals surface area contributed by atoms with Crippen molar-refractivity contribution in [3.8, 4) is 17.2 Å². The normalized spacial score (nSPS) is 17.7. The van der Waals surface area contributed by atoms with Gasteiger partial charge in [-0.2, -0.15) is 0 Å². The molecule has 11 nitrogen and oxygen atoms in total. The van der Waals surface area contributed by atoms with E-state index in [1.807, 2.05) is 26.0 Å². The highest BCUT2D eigenvalue weighted by Gasteiger charge is 2.58. The molecule has 2 amide bonds. The van der Waals surface area contributed by atoms with E-state index in [2.05, 4.69) is 9.88 Å². The van der Waals surface area contributed by atoms with E-state index >= 15 is 4.79 Å². The molecule has 13 heteroatoms. The van der Waals surface area contributed by atoms with Crippen LogP contribution >= 0.6 is 11.6 Å². The van der Waals surface area contributed by atoms with Crippen molar-refractivity contribution in [1.82, 2.24) is 9.88 Å². The highest BCUT2D eigenvalue weighted by Crippen LogP contribution is 2.54. The number of hydrogen-bond donors (Lipinski definition) is 0. The Kier molecular flexibility index (Phi) is 9.45. The number of piperazine rings is 1. The Morgan fingerprint density at radius 3 is 2.29 bits per heavy atom. The smallest absolute Gasteiger partial charge is 0.274 e. The second-order valence-electron chi connectivity index (χ2n) is 12.1. The first-order chi connectivity index (χ1) is 23.5. The van der Waals surface area contributed by atoms with Gasteiger partial charge in [-0.25, -0.2) is 12.7 Å². The van der Waals surface area contributed by atoms with Gasteiger partial charge in [0.2, 0.25) is 5.91 Å². The highest BCUT2D eigenvalue weighted by molar-refractivity contribution is 7.93. The largest absolute Gasteiger partial charge is 0.497 e. The predicted octanol–water partition coefficient (Wildman–Crippen LogP) is 5.30. The number of ether oxygens (including phenoxy) is 3. The Morgan fingerprint density at radius 1 is 0.898 bits per heavy atom. The van der Waals surface area contributed by atoms with Gasteiger partial charge in [0.05, 0.1) is 26.0 Å². The number of sulfonamides is 1. The van der Waals surface area contributed by atoms with Crippen LogP contribution in [0, 0.1) is 0 Å². The van der Waals surface area contributed by atoms with Crippen LogP contribution in [0.1, 0.15) is 31.4 Å². The molecular weight excluding hydrogens is 668 g/mol. The molecule has 0 spiro atoms. The Hall–Kier alpha value is -4.81. The van der Waals surface area contributed by atoms with E-state index in [0.717, 1.165) is 9.99 Å². The van der Waals surface area contributed by atoms with Crippen molar-refractivity contribution in [3.05, 3.63) is 101 Å². The number of halogens is 1. The lowest BCUT2D eigenvalue weighted by Gasteiger charge is -2.38. The number of fused-ring (bicyclic) bond motifs is 1. The zero-order chi connectivity index (χ0) is 34.9. The van der Waals surface area contributed by atoms with Crippen molar-refractivity contribution >= 4 is 44.8 Å². The van der Waals surface area contributed by atoms with Gasteiger partial charge in [0, 0.05) is 67.3 Å². The van der Waals surface area contributed by atoms with Crippen molar-refractivity contribution in [2.24, 2.45) is 0 Å². The SMILES string of the molecule is COc1ccc(S(=O)(=O)N2C(=O)C(CC(=O)N3CCN(c4ccncc4)CC3)(c3ccccc3OC(C)C)c3cc(Cl)ccc32)c(OC)c1. The lowest BCUT2D eigenvalue weighted by molar-refractivity contribution is -0.135. The van der Waals surface area contributed by atoms with Crippen LogP contribution in [0.25, 0.3) is 0 Å². The zero-order valence-corrected chi connectivity index (χ0v) is 29.2. The van der Waals surface area contributed by atoms with Crippen LogP contribution < -0.4 is 23.4 Å². The molecule has 1 unspecified atom stereocenters. The van der Waals surface area contributed by atoms with Gasteiger partial charge >= 0.3 is 0 Å². The van der Waals surface area contributed by atoms with Crippen molar-refractivity contribution in [2.45, 2.75) is 36.7 Å². The first kappa shape index (κ1) is 34.1. The molecule has 49 heavy (non-hydrogen) atoms. The van der Waals surface area contributed by atoms with E-state index in [0.29, 0.717) is 43.2 Å². The maximum Gasteiger partial charge on any atom is 0.274 e. The highest BCUT2D eigenvalue weighted by atomic mass is 35.5. The summed E-state index contributed by atoms with van der Waals surface area (Å²) in [6.07, 6.45) is 2.80. The van der Waals surface area contributed by atoms with Gasteiger partial charge in [0.15, 0.2) is 0 Å². The lowest BCUT2D eigenvalue weighted by Crippen LogP contribution is -2.52. The molecule has 1 fully saturated rings. The van der Waals surface area contributed by atoms with Gasteiger partial charge in [-0.05, 0) is 67.9 Å². The summed E-state index contributed by atoms with van der Waals surface area (Å²) in [5.41, 5.74) is -0.0766. The molecule has 2 aliphatic rings. The molecule has 1 atom stereocenters. The van der Waals surface area contributed by atoms with Gasteiger partial charge in [0.25, 0.3) is 15.9 Å².